The van der Waals surface area contributed by atoms with Crippen LogP contribution in [0, 0.1) is 11.6 Å². The first kappa shape index (κ1) is 35.5. The number of nitrogens with zero attached hydrogens (tertiary/aromatic N) is 9. The van der Waals surface area contributed by atoms with Crippen LogP contribution < -0.4 is 25.3 Å². The molecule has 0 radical (unpaired) electrons. The molecule has 0 spiro atoms. The third kappa shape index (κ3) is 7.80. The largest absolute Gasteiger partial charge is 0.365 e. The number of rotatable bonds is 7. The molecule has 1 saturated heterocycles. The minimum absolute atomic E-state index is 0.0940. The van der Waals surface area contributed by atoms with Crippen molar-refractivity contribution in [1.29, 1.82) is 0 Å². The van der Waals surface area contributed by atoms with E-state index in [1.165, 1.54) is 24.3 Å². The van der Waals surface area contributed by atoms with Crippen molar-refractivity contribution in [2.24, 2.45) is 0 Å². The third-order valence-corrected chi connectivity index (χ3v) is 11.6. The summed E-state index contributed by atoms with van der Waals surface area (Å²) < 4.78 is 51.4. The number of fused-ring (bicyclic) bond motifs is 2. The normalized spacial score (nSPS) is 17.6. The summed E-state index contributed by atoms with van der Waals surface area (Å²) >= 11 is 5.84. The molecule has 8 rings (SSSR count). The van der Waals surface area contributed by atoms with Crippen LogP contribution in [0.5, 0.6) is 0 Å². The molecular weight excluding hydrogens is 732 g/mol. The first-order valence-corrected chi connectivity index (χ1v) is 19.4. The highest BCUT2D eigenvalue weighted by Gasteiger charge is 2.29. The number of aryl methyl sites for hydroxylation is 2. The summed E-state index contributed by atoms with van der Waals surface area (Å²) in [4.78, 5) is 25.2. The van der Waals surface area contributed by atoms with Crippen molar-refractivity contribution < 1.29 is 17.2 Å². The maximum atomic E-state index is 13.7. The van der Waals surface area contributed by atoms with E-state index in [0.29, 0.717) is 68.8 Å². The first-order valence-electron chi connectivity index (χ1n) is 16.4. The lowest BCUT2D eigenvalue weighted by Crippen LogP contribution is -2.47. The Kier molecular flexibility index (Phi) is 10.5. The lowest BCUT2D eigenvalue weighted by atomic mass is 10.2. The molecule has 2 atom stereocenters. The monoisotopic (exact) mass is 765 g/mol. The highest BCUT2D eigenvalue weighted by molar-refractivity contribution is 7.85. The van der Waals surface area contributed by atoms with Gasteiger partial charge in [0.05, 0.1) is 44.9 Å². The maximum Gasteiger partial charge on any atom is 0.227 e. The van der Waals surface area contributed by atoms with Gasteiger partial charge in [-0.2, -0.15) is 15.1 Å². The van der Waals surface area contributed by atoms with Gasteiger partial charge < -0.3 is 25.3 Å². The van der Waals surface area contributed by atoms with Crippen molar-refractivity contribution in [2.45, 2.75) is 22.6 Å². The Labute approximate surface area is 308 Å². The zero-order valence-electron chi connectivity index (χ0n) is 28.2. The highest BCUT2D eigenvalue weighted by atomic mass is 35.5. The SMILES string of the molecule is CN(C)c1nnccc1N1CCN(c2nc3c(c(Nc4cccc(F)c4)n2)S(=O)CC3)CC1.O=S1CCc2nc(Cl)nc(Nc3cccc(F)c3)c21. The number of aromatic nitrogens is 6. The Bertz CT molecular complexity index is 2170. The minimum atomic E-state index is -1.16. The van der Waals surface area contributed by atoms with Gasteiger partial charge in [0.15, 0.2) is 17.5 Å². The van der Waals surface area contributed by atoms with Gasteiger partial charge in [-0.1, -0.05) is 12.1 Å². The molecule has 0 saturated carbocycles. The zero-order chi connectivity index (χ0) is 36.4. The Balaban J connectivity index is 0.000000187. The molecule has 3 aromatic heterocycles. The lowest BCUT2D eigenvalue weighted by Gasteiger charge is -2.37. The van der Waals surface area contributed by atoms with Crippen LogP contribution in [0.4, 0.5) is 49.2 Å². The Morgan fingerprint density at radius 1 is 0.750 bits per heavy atom. The molecule has 13 nitrogen and oxygen atoms in total. The molecule has 0 amide bonds. The van der Waals surface area contributed by atoms with E-state index in [1.54, 1.807) is 30.5 Å². The summed E-state index contributed by atoms with van der Waals surface area (Å²) in [5.74, 6) is 2.66. The van der Waals surface area contributed by atoms with Crippen LogP contribution in [0.25, 0.3) is 0 Å². The van der Waals surface area contributed by atoms with Gasteiger partial charge in [0.2, 0.25) is 11.2 Å². The summed E-state index contributed by atoms with van der Waals surface area (Å²) in [6.45, 7) is 3.03. The quantitative estimate of drug-likeness (QED) is 0.217. The van der Waals surface area contributed by atoms with E-state index >= 15 is 0 Å². The summed E-state index contributed by atoms with van der Waals surface area (Å²) in [6.07, 6.45) is 2.97. The summed E-state index contributed by atoms with van der Waals surface area (Å²) in [6, 6.07) is 14.1. The van der Waals surface area contributed by atoms with Gasteiger partial charge in [-0.05, 0) is 54.1 Å². The third-order valence-electron chi connectivity index (χ3n) is 8.52. The standard InChI is InChI=1S/C22H25FN8OS.C12H9ClFN3OS/c1-29(2)21-18(6-8-24-28-21)30-9-11-31(12-10-30)22-26-17-7-13-33(32)19(17)20(27-22)25-16-5-3-4-15(23)14-16;13-12-16-9-4-5-19(18)10(9)11(17-12)15-8-3-1-2-7(14)6-8/h3-6,8,14H,7,9-13H2,1-2H3,(H,25,26,27);1-3,6H,4-5H2,(H,15,16,17). The Morgan fingerprint density at radius 2 is 1.31 bits per heavy atom. The van der Waals surface area contributed by atoms with Crippen molar-refractivity contribution in [3.05, 3.63) is 89.1 Å². The van der Waals surface area contributed by atoms with Crippen LogP contribution in [0.15, 0.2) is 70.6 Å². The zero-order valence-corrected chi connectivity index (χ0v) is 30.6. The van der Waals surface area contributed by atoms with Crippen LogP contribution in [-0.2, 0) is 34.4 Å². The van der Waals surface area contributed by atoms with E-state index in [-0.39, 0.29) is 16.9 Å². The molecular formula is C34H34ClF2N11O2S2. The molecule has 2 N–H and O–H groups in total. The number of halogens is 3. The molecule has 6 heterocycles. The summed E-state index contributed by atoms with van der Waals surface area (Å²) in [7, 11) is 1.61. The molecule has 0 aliphatic carbocycles. The summed E-state index contributed by atoms with van der Waals surface area (Å²) in [5.41, 5.74) is 3.64. The molecule has 5 aromatic rings. The van der Waals surface area contributed by atoms with Crippen LogP contribution in [0.3, 0.4) is 0 Å². The molecule has 2 unspecified atom stereocenters. The number of hydrogen-bond acceptors (Lipinski definition) is 13. The van der Waals surface area contributed by atoms with Crippen LogP contribution in [0.2, 0.25) is 5.28 Å². The van der Waals surface area contributed by atoms with Crippen molar-refractivity contribution in [2.75, 3.05) is 77.1 Å². The molecule has 3 aliphatic heterocycles. The summed E-state index contributed by atoms with van der Waals surface area (Å²) in [5, 5.41) is 14.5. The predicted octanol–water partition coefficient (Wildman–Crippen LogP) is 4.88. The fourth-order valence-corrected chi connectivity index (χ4v) is 8.90. The molecule has 3 aliphatic rings. The van der Waals surface area contributed by atoms with E-state index in [4.69, 9.17) is 21.6 Å². The van der Waals surface area contributed by atoms with E-state index in [9.17, 15) is 17.2 Å². The van der Waals surface area contributed by atoms with Gasteiger partial charge in [-0.3, -0.25) is 8.42 Å². The van der Waals surface area contributed by atoms with Crippen molar-refractivity contribution >= 4 is 73.7 Å². The van der Waals surface area contributed by atoms with Crippen LogP contribution in [0.1, 0.15) is 11.4 Å². The molecule has 1 fully saturated rings. The molecule has 270 valence electrons. The fourth-order valence-electron chi connectivity index (χ4n) is 6.10. The molecule has 2 aromatic carbocycles. The second-order valence-electron chi connectivity index (χ2n) is 12.2. The molecule has 52 heavy (non-hydrogen) atoms. The van der Waals surface area contributed by atoms with Gasteiger partial charge in [0.25, 0.3) is 0 Å². The average Bonchev–Trinajstić information content (AvgIpc) is 3.70. The van der Waals surface area contributed by atoms with Crippen molar-refractivity contribution in [3.8, 4) is 0 Å². The second kappa shape index (κ2) is 15.4. The second-order valence-corrected chi connectivity index (χ2v) is 15.6. The number of benzene rings is 2. The number of anilines is 7. The van der Waals surface area contributed by atoms with Gasteiger partial charge in [-0.15, -0.1) is 5.10 Å². The topological polar surface area (TPSA) is 145 Å². The maximum absolute atomic E-state index is 13.7. The molecule has 18 heteroatoms. The first-order chi connectivity index (χ1) is 25.1. The lowest BCUT2D eigenvalue weighted by molar-refractivity contribution is 0.628. The van der Waals surface area contributed by atoms with Gasteiger partial charge in [-0.25, -0.2) is 18.7 Å². The van der Waals surface area contributed by atoms with Gasteiger partial charge in [0.1, 0.15) is 21.4 Å². The average molecular weight is 766 g/mol. The smallest absolute Gasteiger partial charge is 0.227 e. The van der Waals surface area contributed by atoms with Gasteiger partial charge >= 0.3 is 0 Å². The highest BCUT2D eigenvalue weighted by Crippen LogP contribution is 2.34. The number of hydrogen-bond donors (Lipinski definition) is 2. The van der Waals surface area contributed by atoms with Crippen LogP contribution >= 0.6 is 11.6 Å². The number of piperazine rings is 1. The Morgan fingerprint density at radius 3 is 1.88 bits per heavy atom. The Hall–Kier alpha value is -4.87. The van der Waals surface area contributed by atoms with E-state index in [2.05, 4.69) is 40.6 Å². The predicted molar refractivity (Wildman–Crippen MR) is 199 cm³/mol. The van der Waals surface area contributed by atoms with E-state index in [0.717, 1.165) is 43.4 Å². The van der Waals surface area contributed by atoms with E-state index < -0.39 is 21.6 Å². The van der Waals surface area contributed by atoms with Gasteiger partial charge in [0, 0.05) is 76.0 Å². The van der Waals surface area contributed by atoms with E-state index in [1.807, 2.05) is 25.1 Å². The van der Waals surface area contributed by atoms with Crippen molar-refractivity contribution in [1.82, 2.24) is 30.1 Å². The minimum Gasteiger partial charge on any atom is -0.365 e. The van der Waals surface area contributed by atoms with Crippen molar-refractivity contribution in [3.63, 3.8) is 0 Å². The fraction of sp³-hybridized carbons (Fsp3) is 0.294. The molecule has 0 bridgehead atoms. The number of nitrogens with one attached hydrogen (secondary N) is 2. The van der Waals surface area contributed by atoms with Crippen LogP contribution in [-0.4, -0.2) is 90.3 Å².